The normalized spacial score (nSPS) is 12.8. The SMILES string of the molecule is CCCCCCC(O)CCCCCCCCCCC(=O)OC(CCCCCC)CCCCCCCCCCN[C]=O. The number of nitrogens with one attached hydrogen (secondary N) is 1. The van der Waals surface area contributed by atoms with Crippen molar-refractivity contribution in [3.63, 3.8) is 0 Å². The zero-order valence-corrected chi connectivity index (χ0v) is 27.5. The van der Waals surface area contributed by atoms with Gasteiger partial charge in [0, 0.05) is 13.0 Å². The fourth-order valence-corrected chi connectivity index (χ4v) is 5.66. The molecule has 0 aliphatic rings. The smallest absolute Gasteiger partial charge is 0.309 e. The second-order valence-corrected chi connectivity index (χ2v) is 12.5. The molecule has 0 aliphatic carbocycles. The summed E-state index contributed by atoms with van der Waals surface area (Å²) in [5.41, 5.74) is 0. The minimum Gasteiger partial charge on any atom is -0.462 e. The second kappa shape index (κ2) is 33.4. The van der Waals surface area contributed by atoms with E-state index in [9.17, 15) is 14.7 Å². The highest BCUT2D eigenvalue weighted by atomic mass is 16.5. The van der Waals surface area contributed by atoms with Crippen molar-refractivity contribution in [3.8, 4) is 0 Å². The zero-order valence-electron chi connectivity index (χ0n) is 27.5. The van der Waals surface area contributed by atoms with E-state index >= 15 is 0 Å². The number of aliphatic hydroxyl groups is 1. The van der Waals surface area contributed by atoms with Crippen LogP contribution in [-0.4, -0.2) is 36.2 Å². The highest BCUT2D eigenvalue weighted by Gasteiger charge is 2.14. The number of amides is 1. The molecule has 0 heterocycles. The Hall–Kier alpha value is -1.10. The van der Waals surface area contributed by atoms with Crippen molar-refractivity contribution in [1.29, 1.82) is 0 Å². The molecule has 41 heavy (non-hydrogen) atoms. The maximum Gasteiger partial charge on any atom is 0.309 e. The molecule has 0 spiro atoms. The summed E-state index contributed by atoms with van der Waals surface area (Å²) in [6.45, 7) is 5.21. The van der Waals surface area contributed by atoms with Crippen molar-refractivity contribution in [2.75, 3.05) is 6.54 Å². The molecule has 0 aromatic heterocycles. The van der Waals surface area contributed by atoms with Gasteiger partial charge < -0.3 is 15.2 Å². The molecular formula is C36H70NO4. The van der Waals surface area contributed by atoms with Crippen molar-refractivity contribution in [3.05, 3.63) is 0 Å². The van der Waals surface area contributed by atoms with Crippen molar-refractivity contribution >= 4 is 12.4 Å². The van der Waals surface area contributed by atoms with Gasteiger partial charge in [0.15, 0.2) is 0 Å². The van der Waals surface area contributed by atoms with Crippen LogP contribution in [0, 0.1) is 0 Å². The maximum absolute atomic E-state index is 12.5. The topological polar surface area (TPSA) is 75.6 Å². The first kappa shape index (κ1) is 39.9. The maximum atomic E-state index is 12.5. The van der Waals surface area contributed by atoms with E-state index in [1.807, 2.05) is 0 Å². The zero-order chi connectivity index (χ0) is 30.1. The van der Waals surface area contributed by atoms with E-state index in [1.54, 1.807) is 6.41 Å². The molecule has 0 saturated carbocycles. The first-order chi connectivity index (χ1) is 20.1. The molecule has 0 aromatic rings. The Labute approximate surface area is 255 Å². The summed E-state index contributed by atoms with van der Waals surface area (Å²) in [5, 5.41) is 12.7. The molecule has 1 radical (unpaired) electrons. The summed E-state index contributed by atoms with van der Waals surface area (Å²) in [5.74, 6) is 0.0143. The summed E-state index contributed by atoms with van der Waals surface area (Å²) >= 11 is 0. The van der Waals surface area contributed by atoms with Gasteiger partial charge in [-0.15, -0.1) is 0 Å². The number of unbranched alkanes of at least 4 members (excludes halogenated alkanes) is 20. The quantitative estimate of drug-likeness (QED) is 0.0451. The Morgan fingerprint density at radius 1 is 0.585 bits per heavy atom. The third-order valence-electron chi connectivity index (χ3n) is 8.39. The monoisotopic (exact) mass is 581 g/mol. The van der Waals surface area contributed by atoms with Gasteiger partial charge in [0.2, 0.25) is 0 Å². The number of aliphatic hydroxyl groups excluding tert-OH is 1. The predicted molar refractivity (Wildman–Crippen MR) is 175 cm³/mol. The van der Waals surface area contributed by atoms with Crippen LogP contribution in [0.25, 0.3) is 0 Å². The van der Waals surface area contributed by atoms with E-state index in [0.29, 0.717) is 6.42 Å². The third-order valence-corrected chi connectivity index (χ3v) is 8.39. The van der Waals surface area contributed by atoms with Crippen molar-refractivity contribution in [2.24, 2.45) is 0 Å². The summed E-state index contributed by atoms with van der Waals surface area (Å²) in [4.78, 5) is 22.7. The lowest BCUT2D eigenvalue weighted by molar-refractivity contribution is -0.150. The van der Waals surface area contributed by atoms with E-state index in [-0.39, 0.29) is 18.2 Å². The van der Waals surface area contributed by atoms with Gasteiger partial charge in [-0.05, 0) is 51.4 Å². The number of carbonyl (C=O) groups excluding carboxylic acids is 2. The van der Waals surface area contributed by atoms with Gasteiger partial charge in [0.25, 0.3) is 0 Å². The van der Waals surface area contributed by atoms with E-state index in [0.717, 1.165) is 64.3 Å². The van der Waals surface area contributed by atoms with Crippen LogP contribution in [-0.2, 0) is 14.3 Å². The Bertz CT molecular complexity index is 542. The lowest BCUT2D eigenvalue weighted by Crippen LogP contribution is -2.18. The van der Waals surface area contributed by atoms with E-state index < -0.39 is 0 Å². The second-order valence-electron chi connectivity index (χ2n) is 12.5. The van der Waals surface area contributed by atoms with Gasteiger partial charge in [-0.3, -0.25) is 9.59 Å². The average molecular weight is 581 g/mol. The number of hydrogen-bond acceptors (Lipinski definition) is 4. The van der Waals surface area contributed by atoms with E-state index in [4.69, 9.17) is 4.74 Å². The molecule has 0 bridgehead atoms. The fraction of sp³-hybridized carbons (Fsp3) is 0.944. The molecule has 0 saturated heterocycles. The highest BCUT2D eigenvalue weighted by molar-refractivity contribution is 5.69. The first-order valence-corrected chi connectivity index (χ1v) is 18.1. The van der Waals surface area contributed by atoms with Crippen LogP contribution >= 0.6 is 0 Å². The number of esters is 1. The lowest BCUT2D eigenvalue weighted by atomic mass is 10.0. The molecular weight excluding hydrogens is 510 g/mol. The highest BCUT2D eigenvalue weighted by Crippen LogP contribution is 2.19. The molecule has 243 valence electrons. The predicted octanol–water partition coefficient (Wildman–Crippen LogP) is 10.3. The summed E-state index contributed by atoms with van der Waals surface area (Å²) in [6.07, 6.45) is 35.3. The molecule has 2 N–H and O–H groups in total. The molecule has 5 nitrogen and oxygen atoms in total. The molecule has 0 aromatic carbocycles. The van der Waals surface area contributed by atoms with Crippen LogP contribution in [0.5, 0.6) is 0 Å². The molecule has 0 rings (SSSR count). The van der Waals surface area contributed by atoms with Crippen molar-refractivity contribution in [2.45, 2.75) is 212 Å². The number of hydrogen-bond donors (Lipinski definition) is 2. The van der Waals surface area contributed by atoms with Crippen LogP contribution in [0.15, 0.2) is 0 Å². The molecule has 2 atom stereocenters. The summed E-state index contributed by atoms with van der Waals surface area (Å²) in [7, 11) is 0. The van der Waals surface area contributed by atoms with Crippen LogP contribution in [0.2, 0.25) is 0 Å². The Morgan fingerprint density at radius 2 is 0.976 bits per heavy atom. The minimum absolute atomic E-state index is 0.0143. The fourth-order valence-electron chi connectivity index (χ4n) is 5.66. The third kappa shape index (κ3) is 31.7. The number of carbonyl (C=O) groups is 1. The largest absolute Gasteiger partial charge is 0.462 e. The van der Waals surface area contributed by atoms with Gasteiger partial charge in [-0.25, -0.2) is 0 Å². The molecule has 5 heteroatoms. The van der Waals surface area contributed by atoms with Crippen LogP contribution in [0.4, 0.5) is 0 Å². The molecule has 2 unspecified atom stereocenters. The van der Waals surface area contributed by atoms with Gasteiger partial charge >= 0.3 is 12.4 Å². The molecule has 0 fully saturated rings. The van der Waals surface area contributed by atoms with Crippen molar-refractivity contribution < 1.29 is 19.4 Å². The number of ether oxygens (including phenoxy) is 1. The van der Waals surface area contributed by atoms with Crippen LogP contribution in [0.3, 0.4) is 0 Å². The Morgan fingerprint density at radius 3 is 1.44 bits per heavy atom. The molecule has 1 amide bonds. The van der Waals surface area contributed by atoms with Gasteiger partial charge in [-0.1, -0.05) is 142 Å². The number of rotatable bonds is 34. The van der Waals surface area contributed by atoms with Crippen LogP contribution < -0.4 is 5.32 Å². The standard InChI is InChI=1S/C36H70NO4/c1-3-5-7-21-27-34(39)28-22-17-13-9-10-15-19-25-31-36(40)41-35(29-23-8-6-4-2)30-24-18-14-11-12-16-20-26-32-37-33-38/h34-35,39H,3-32H2,1-2H3,(H,37,38). The van der Waals surface area contributed by atoms with E-state index in [2.05, 4.69) is 19.2 Å². The summed E-state index contributed by atoms with van der Waals surface area (Å²) < 4.78 is 5.96. The van der Waals surface area contributed by atoms with Gasteiger partial charge in [-0.2, -0.15) is 0 Å². The average Bonchev–Trinajstić information content (AvgIpc) is 2.97. The summed E-state index contributed by atoms with van der Waals surface area (Å²) in [6, 6.07) is 0. The van der Waals surface area contributed by atoms with Crippen LogP contribution in [0.1, 0.15) is 200 Å². The first-order valence-electron chi connectivity index (χ1n) is 18.1. The molecule has 0 aliphatic heterocycles. The minimum atomic E-state index is -0.0912. The Kier molecular flexibility index (Phi) is 32.5. The van der Waals surface area contributed by atoms with Crippen molar-refractivity contribution in [1.82, 2.24) is 5.32 Å². The lowest BCUT2D eigenvalue weighted by Gasteiger charge is -2.18. The van der Waals surface area contributed by atoms with Gasteiger partial charge in [0.1, 0.15) is 6.10 Å². The Balaban J connectivity index is 3.81. The van der Waals surface area contributed by atoms with E-state index in [1.165, 1.54) is 122 Å². The van der Waals surface area contributed by atoms with Gasteiger partial charge in [0.05, 0.1) is 6.10 Å².